The first-order valence-corrected chi connectivity index (χ1v) is 13.3. The lowest BCUT2D eigenvalue weighted by atomic mass is 9.98. The van der Waals surface area contributed by atoms with Crippen LogP contribution >= 0.6 is 23.2 Å². The van der Waals surface area contributed by atoms with Gasteiger partial charge in [0.25, 0.3) is 5.91 Å². The second-order valence-corrected chi connectivity index (χ2v) is 10.4. The lowest BCUT2D eigenvalue weighted by Gasteiger charge is -2.25. The fourth-order valence-electron chi connectivity index (χ4n) is 4.63. The molecule has 2 heterocycles. The van der Waals surface area contributed by atoms with Crippen LogP contribution in [0.5, 0.6) is 11.8 Å². The van der Waals surface area contributed by atoms with Crippen LogP contribution in [-0.2, 0) is 6.18 Å². The Morgan fingerprint density at radius 2 is 1.64 bits per heavy atom. The third-order valence-corrected chi connectivity index (χ3v) is 7.53. The molecular formula is C30H23Cl2F3N4O3. The van der Waals surface area contributed by atoms with Crippen LogP contribution in [0.4, 0.5) is 13.2 Å². The number of carbonyl (C=O) groups is 1. The van der Waals surface area contributed by atoms with Gasteiger partial charge in [0.15, 0.2) is 17.5 Å². The van der Waals surface area contributed by atoms with Gasteiger partial charge in [-0.1, -0.05) is 59.6 Å². The highest BCUT2D eigenvalue weighted by atomic mass is 35.5. The van der Waals surface area contributed by atoms with Crippen LogP contribution in [0.2, 0.25) is 10.0 Å². The normalized spacial score (nSPS) is 12.4. The first-order chi connectivity index (χ1) is 19.9. The molecule has 1 amide bonds. The summed E-state index contributed by atoms with van der Waals surface area (Å²) in [6.07, 6.45) is -4.49. The molecule has 12 heteroatoms. The van der Waals surface area contributed by atoms with Gasteiger partial charge in [0.05, 0.1) is 33.6 Å². The summed E-state index contributed by atoms with van der Waals surface area (Å²) in [5.41, 5.74) is 1.21. The smallest absolute Gasteiger partial charge is 0.416 e. The second kappa shape index (κ2) is 11.1. The molecular weight excluding hydrogens is 592 g/mol. The molecule has 2 aromatic heterocycles. The number of aromatic nitrogens is 3. The number of aromatic hydroxyl groups is 2. The van der Waals surface area contributed by atoms with Crippen LogP contribution in [0.25, 0.3) is 28.1 Å². The Hall–Kier alpha value is -4.41. The van der Waals surface area contributed by atoms with E-state index in [2.05, 4.69) is 10.1 Å². The van der Waals surface area contributed by atoms with Crippen molar-refractivity contribution in [2.45, 2.75) is 19.1 Å². The van der Waals surface area contributed by atoms with Crippen molar-refractivity contribution < 1.29 is 28.2 Å². The average Bonchev–Trinajstić information content (AvgIpc) is 3.51. The number of benzene rings is 3. The third-order valence-electron chi connectivity index (χ3n) is 6.96. The molecule has 0 bridgehead atoms. The average molecular weight is 615 g/mol. The van der Waals surface area contributed by atoms with Gasteiger partial charge < -0.3 is 15.1 Å². The summed E-state index contributed by atoms with van der Waals surface area (Å²) < 4.78 is 40.8. The molecule has 1 atom stereocenters. The highest BCUT2D eigenvalue weighted by Crippen LogP contribution is 2.43. The molecule has 0 spiro atoms. The molecule has 0 fully saturated rings. The molecule has 3 N–H and O–H groups in total. The van der Waals surface area contributed by atoms with Gasteiger partial charge in [-0.15, -0.1) is 0 Å². The van der Waals surface area contributed by atoms with E-state index in [1.807, 2.05) is 0 Å². The van der Waals surface area contributed by atoms with Crippen LogP contribution in [0.15, 0.2) is 78.9 Å². The minimum absolute atomic E-state index is 0.0923. The largest absolute Gasteiger partial charge is 0.494 e. The maximum Gasteiger partial charge on any atom is 0.416 e. The van der Waals surface area contributed by atoms with Crippen molar-refractivity contribution in [2.24, 2.45) is 0 Å². The molecule has 7 nitrogen and oxygen atoms in total. The number of hydrogen-bond donors (Lipinski definition) is 3. The highest BCUT2D eigenvalue weighted by molar-refractivity contribution is 6.32. The molecule has 0 saturated heterocycles. The number of nitrogens with zero attached hydrogens (tertiary/aromatic N) is 3. The van der Waals surface area contributed by atoms with E-state index in [1.54, 1.807) is 55.5 Å². The van der Waals surface area contributed by atoms with E-state index >= 15 is 0 Å². The van der Waals surface area contributed by atoms with E-state index in [1.165, 1.54) is 34.8 Å². The molecule has 0 aliphatic heterocycles. The lowest BCUT2D eigenvalue weighted by molar-refractivity contribution is -0.137. The zero-order valence-electron chi connectivity index (χ0n) is 22.1. The minimum atomic E-state index is -4.49. The van der Waals surface area contributed by atoms with Gasteiger partial charge in [-0.2, -0.15) is 18.3 Å². The molecule has 0 saturated carbocycles. The number of amides is 1. The zero-order chi connectivity index (χ0) is 30.3. The van der Waals surface area contributed by atoms with Gasteiger partial charge >= 0.3 is 6.18 Å². The number of para-hydroxylation sites is 1. The molecule has 5 aromatic rings. The quantitative estimate of drug-likeness (QED) is 0.180. The Morgan fingerprint density at radius 3 is 2.21 bits per heavy atom. The number of H-pyrrole nitrogens is 1. The molecule has 0 aliphatic carbocycles. The first-order valence-electron chi connectivity index (χ1n) is 12.6. The standard InChI is InChI=1S/C30H23Cl2F3N4O3/c1-16(17-7-11-19(12-8-17)30(33,34)35)38(2)29(42)26-25(21-15-24(40)36-28(21)41)27(18-9-13-20(31)14-10-18)39(37-26)23-6-4-3-5-22(23)32/h3-16,36,40-41H,1-2H3/t16-/m1/s1. The van der Waals surface area contributed by atoms with Crippen molar-refractivity contribution in [2.75, 3.05) is 7.05 Å². The topological polar surface area (TPSA) is 94.4 Å². The molecule has 216 valence electrons. The van der Waals surface area contributed by atoms with E-state index in [0.29, 0.717) is 32.6 Å². The fourth-order valence-corrected chi connectivity index (χ4v) is 4.97. The maximum absolute atomic E-state index is 14.1. The Balaban J connectivity index is 1.71. The summed E-state index contributed by atoms with van der Waals surface area (Å²) in [4.78, 5) is 17.9. The zero-order valence-corrected chi connectivity index (χ0v) is 23.6. The number of rotatable bonds is 6. The van der Waals surface area contributed by atoms with Gasteiger partial charge in [-0.25, -0.2) is 4.68 Å². The predicted molar refractivity (Wildman–Crippen MR) is 154 cm³/mol. The minimum Gasteiger partial charge on any atom is -0.494 e. The molecule has 42 heavy (non-hydrogen) atoms. The lowest BCUT2D eigenvalue weighted by Crippen LogP contribution is -2.30. The summed E-state index contributed by atoms with van der Waals surface area (Å²) >= 11 is 12.7. The van der Waals surface area contributed by atoms with Crippen molar-refractivity contribution in [3.8, 4) is 39.8 Å². The van der Waals surface area contributed by atoms with Gasteiger partial charge in [0.2, 0.25) is 0 Å². The predicted octanol–water partition coefficient (Wildman–Crippen LogP) is 8.10. The van der Waals surface area contributed by atoms with Crippen molar-refractivity contribution in [1.82, 2.24) is 19.7 Å². The van der Waals surface area contributed by atoms with Crippen molar-refractivity contribution in [1.29, 1.82) is 0 Å². The van der Waals surface area contributed by atoms with Gasteiger partial charge in [-0.05, 0) is 48.9 Å². The first kappa shape index (κ1) is 29.1. The van der Waals surface area contributed by atoms with E-state index in [4.69, 9.17) is 23.2 Å². The number of nitrogens with one attached hydrogen (secondary N) is 1. The molecule has 0 unspecified atom stereocenters. The van der Waals surface area contributed by atoms with Crippen LogP contribution in [0.3, 0.4) is 0 Å². The van der Waals surface area contributed by atoms with Gasteiger partial charge in [0.1, 0.15) is 0 Å². The summed E-state index contributed by atoms with van der Waals surface area (Å²) in [5.74, 6) is -1.35. The number of hydrogen-bond acceptors (Lipinski definition) is 4. The summed E-state index contributed by atoms with van der Waals surface area (Å²) in [5, 5.41) is 26.4. The maximum atomic E-state index is 14.1. The Kier molecular flexibility index (Phi) is 7.70. The highest BCUT2D eigenvalue weighted by Gasteiger charge is 2.33. The Labute approximate surface area is 248 Å². The molecule has 3 aromatic carbocycles. The van der Waals surface area contributed by atoms with E-state index in [9.17, 15) is 28.2 Å². The second-order valence-electron chi connectivity index (χ2n) is 9.57. The summed E-state index contributed by atoms with van der Waals surface area (Å²) in [6, 6.07) is 18.7. The fraction of sp³-hybridized carbons (Fsp3) is 0.133. The molecule has 0 radical (unpaired) electrons. The van der Waals surface area contributed by atoms with Gasteiger partial charge in [-0.3, -0.25) is 9.78 Å². The number of aromatic amines is 1. The van der Waals surface area contributed by atoms with Crippen LogP contribution in [0, 0.1) is 0 Å². The van der Waals surface area contributed by atoms with E-state index < -0.39 is 29.6 Å². The monoisotopic (exact) mass is 614 g/mol. The van der Waals surface area contributed by atoms with Crippen LogP contribution in [-0.4, -0.2) is 42.8 Å². The Morgan fingerprint density at radius 1 is 1.00 bits per heavy atom. The van der Waals surface area contributed by atoms with E-state index in [0.717, 1.165) is 12.1 Å². The third kappa shape index (κ3) is 5.43. The van der Waals surface area contributed by atoms with Crippen molar-refractivity contribution >= 4 is 29.1 Å². The number of halogens is 5. The number of alkyl halides is 3. The van der Waals surface area contributed by atoms with E-state index in [-0.39, 0.29) is 22.7 Å². The van der Waals surface area contributed by atoms with Crippen LogP contribution in [0.1, 0.15) is 34.6 Å². The van der Waals surface area contributed by atoms with Crippen molar-refractivity contribution in [3.63, 3.8) is 0 Å². The summed E-state index contributed by atoms with van der Waals surface area (Å²) in [7, 11) is 1.50. The van der Waals surface area contributed by atoms with Crippen molar-refractivity contribution in [3.05, 3.63) is 106 Å². The Bertz CT molecular complexity index is 1760. The summed E-state index contributed by atoms with van der Waals surface area (Å²) in [6.45, 7) is 1.67. The number of carbonyl (C=O) groups excluding carboxylic acids is 1. The molecule has 5 rings (SSSR count). The molecule has 0 aliphatic rings. The van der Waals surface area contributed by atoms with Gasteiger partial charge in [0, 0.05) is 29.3 Å². The van der Waals surface area contributed by atoms with Crippen LogP contribution < -0.4 is 0 Å². The SMILES string of the molecule is C[C@H](c1ccc(C(F)(F)F)cc1)N(C)C(=O)c1nn(-c2ccccc2Cl)c(-c2ccc(Cl)cc2)c1-c1cc(O)[nH]c1O.